The predicted molar refractivity (Wildman–Crippen MR) is 115 cm³/mol. The second-order valence-corrected chi connectivity index (χ2v) is 8.84. The fraction of sp³-hybridized carbons (Fsp3) is 0.100. The number of carbonyl (C=O) groups is 1. The van der Waals surface area contributed by atoms with E-state index in [1.807, 2.05) is 0 Å². The van der Waals surface area contributed by atoms with Crippen molar-refractivity contribution < 1.29 is 30.8 Å². The van der Waals surface area contributed by atoms with Gasteiger partial charge in [-0.25, -0.2) is 26.6 Å². The standard InChI is InChI=1S/C20H13F4N5O5S/c1-35(33,34)29(18(31)10-5-3-2-4-6-10)14-8-12(13(21)7-11(14)9-25)15-16(20(22,23)24)28(26)19(32)27-17(15)30/h2-8H,26H2,1H3,(H,27,30,32). The lowest BCUT2D eigenvalue weighted by Crippen LogP contribution is -2.41. The second-order valence-electron chi connectivity index (χ2n) is 7.01. The molecule has 0 atom stereocenters. The number of nitrogens with zero attached hydrogens (tertiary/aromatic N) is 3. The van der Waals surface area contributed by atoms with Crippen molar-refractivity contribution in [3.63, 3.8) is 0 Å². The van der Waals surface area contributed by atoms with E-state index in [9.17, 15) is 45.6 Å². The number of nitrogen functional groups attached to an aromatic ring is 1. The van der Waals surface area contributed by atoms with Crippen LogP contribution in [0.15, 0.2) is 52.1 Å². The second kappa shape index (κ2) is 8.72. The van der Waals surface area contributed by atoms with Crippen LogP contribution in [0.2, 0.25) is 0 Å². The van der Waals surface area contributed by atoms with E-state index in [4.69, 9.17) is 5.84 Å². The predicted octanol–water partition coefficient (Wildman–Crippen LogP) is 1.55. The zero-order valence-electron chi connectivity index (χ0n) is 17.4. The Morgan fingerprint density at radius 1 is 1.17 bits per heavy atom. The number of anilines is 1. The molecule has 1 amide bonds. The van der Waals surface area contributed by atoms with Crippen LogP contribution in [0.4, 0.5) is 23.2 Å². The van der Waals surface area contributed by atoms with Crippen molar-refractivity contribution in [2.24, 2.45) is 0 Å². The van der Waals surface area contributed by atoms with Gasteiger partial charge in [-0.1, -0.05) is 18.2 Å². The Labute approximate surface area is 193 Å². The fourth-order valence-electron chi connectivity index (χ4n) is 3.23. The minimum absolute atomic E-state index is 0.0871. The van der Waals surface area contributed by atoms with Crippen LogP contribution in [0.3, 0.4) is 0 Å². The summed E-state index contributed by atoms with van der Waals surface area (Å²) in [5.41, 5.74) is -9.78. The molecule has 3 N–H and O–H groups in total. The van der Waals surface area contributed by atoms with Crippen LogP contribution in [0, 0.1) is 17.1 Å². The lowest BCUT2D eigenvalue weighted by Gasteiger charge is -2.23. The van der Waals surface area contributed by atoms with Crippen molar-refractivity contribution in [3.05, 3.63) is 85.9 Å². The highest BCUT2D eigenvalue weighted by Gasteiger charge is 2.40. The van der Waals surface area contributed by atoms with Crippen LogP contribution < -0.4 is 21.4 Å². The van der Waals surface area contributed by atoms with Gasteiger partial charge in [0, 0.05) is 11.1 Å². The summed E-state index contributed by atoms with van der Waals surface area (Å²) in [6, 6.07) is 9.01. The van der Waals surface area contributed by atoms with Crippen molar-refractivity contribution in [1.29, 1.82) is 5.26 Å². The molecule has 0 spiro atoms. The molecule has 1 heterocycles. The van der Waals surface area contributed by atoms with Crippen molar-refractivity contribution >= 4 is 21.6 Å². The minimum atomic E-state index is -5.44. The molecule has 2 aromatic carbocycles. The summed E-state index contributed by atoms with van der Waals surface area (Å²) in [7, 11) is -4.55. The minimum Gasteiger partial charge on any atom is -0.335 e. The maximum absolute atomic E-state index is 14.9. The summed E-state index contributed by atoms with van der Waals surface area (Å²) in [5.74, 6) is 2.38. The zero-order chi connectivity index (χ0) is 26.3. The number of nitrogens with two attached hydrogens (primary N) is 1. The number of aromatic amines is 1. The molecule has 182 valence electrons. The first-order valence-corrected chi connectivity index (χ1v) is 11.1. The largest absolute Gasteiger partial charge is 0.434 e. The topological polar surface area (TPSA) is 159 Å². The van der Waals surface area contributed by atoms with Gasteiger partial charge in [0.1, 0.15) is 11.9 Å². The molecule has 0 aliphatic rings. The van der Waals surface area contributed by atoms with Gasteiger partial charge >= 0.3 is 11.9 Å². The van der Waals surface area contributed by atoms with Crippen LogP contribution in [-0.4, -0.2) is 30.2 Å². The first-order valence-electron chi connectivity index (χ1n) is 9.23. The number of sulfonamides is 1. The SMILES string of the molecule is CS(=O)(=O)N(C(=O)c1ccccc1)c1cc(-c2c(C(F)(F)F)n(N)c(=O)[nH]c2=O)c(F)cc1C#N. The maximum atomic E-state index is 14.9. The van der Waals surface area contributed by atoms with E-state index in [0.717, 1.165) is 0 Å². The van der Waals surface area contributed by atoms with Gasteiger partial charge in [0.25, 0.3) is 11.5 Å². The number of halogens is 4. The van der Waals surface area contributed by atoms with E-state index in [0.29, 0.717) is 18.4 Å². The number of alkyl halides is 3. The van der Waals surface area contributed by atoms with Gasteiger partial charge in [0.05, 0.1) is 23.1 Å². The molecule has 3 aromatic rings. The van der Waals surface area contributed by atoms with Crippen molar-refractivity contribution in [3.8, 4) is 17.2 Å². The lowest BCUT2D eigenvalue weighted by molar-refractivity contribution is -0.143. The maximum Gasteiger partial charge on any atom is 0.434 e. The van der Waals surface area contributed by atoms with Crippen LogP contribution in [-0.2, 0) is 16.2 Å². The molecule has 35 heavy (non-hydrogen) atoms. The summed E-state index contributed by atoms with van der Waals surface area (Å²) in [5, 5.41) is 9.43. The molecule has 0 unspecified atom stereocenters. The highest BCUT2D eigenvalue weighted by molar-refractivity contribution is 7.92. The lowest BCUT2D eigenvalue weighted by atomic mass is 10.0. The van der Waals surface area contributed by atoms with E-state index in [-0.39, 0.29) is 9.87 Å². The first-order chi connectivity index (χ1) is 16.2. The molecule has 15 heteroatoms. The fourth-order valence-corrected chi connectivity index (χ4v) is 4.14. The Morgan fingerprint density at radius 3 is 2.29 bits per heavy atom. The highest BCUT2D eigenvalue weighted by atomic mass is 32.2. The number of H-pyrrole nitrogens is 1. The van der Waals surface area contributed by atoms with E-state index in [2.05, 4.69) is 0 Å². The Kier molecular flexibility index (Phi) is 6.27. The molecular weight excluding hydrogens is 498 g/mol. The van der Waals surface area contributed by atoms with E-state index >= 15 is 0 Å². The summed E-state index contributed by atoms with van der Waals surface area (Å²) in [4.78, 5) is 38.5. The van der Waals surface area contributed by atoms with Gasteiger partial charge in [-0.15, -0.1) is 0 Å². The number of nitriles is 1. The smallest absolute Gasteiger partial charge is 0.335 e. The van der Waals surface area contributed by atoms with Crippen molar-refractivity contribution in [1.82, 2.24) is 9.66 Å². The number of hydrogen-bond donors (Lipinski definition) is 2. The molecule has 0 aliphatic carbocycles. The average molecular weight is 511 g/mol. The molecule has 0 aliphatic heterocycles. The molecule has 3 rings (SSSR count). The van der Waals surface area contributed by atoms with Crippen LogP contribution in [0.25, 0.3) is 11.1 Å². The average Bonchev–Trinajstić information content (AvgIpc) is 2.76. The number of aromatic nitrogens is 2. The Bertz CT molecular complexity index is 1610. The summed E-state index contributed by atoms with van der Waals surface area (Å²) >= 11 is 0. The highest BCUT2D eigenvalue weighted by Crippen LogP contribution is 2.37. The number of carbonyl (C=O) groups excluding carboxylic acids is 1. The summed E-state index contributed by atoms with van der Waals surface area (Å²) < 4.78 is 80.7. The zero-order valence-corrected chi connectivity index (χ0v) is 18.2. The third kappa shape index (κ3) is 4.64. The van der Waals surface area contributed by atoms with Crippen LogP contribution in [0.1, 0.15) is 21.6 Å². The van der Waals surface area contributed by atoms with E-state index < -0.39 is 71.9 Å². The Balaban J connectivity index is 2.45. The molecule has 0 radical (unpaired) electrons. The van der Waals surface area contributed by atoms with E-state index in [1.54, 1.807) is 0 Å². The number of amides is 1. The van der Waals surface area contributed by atoms with E-state index in [1.165, 1.54) is 41.4 Å². The molecule has 0 bridgehead atoms. The first kappa shape index (κ1) is 25.2. The van der Waals surface area contributed by atoms with Gasteiger partial charge < -0.3 is 5.84 Å². The summed E-state index contributed by atoms with van der Waals surface area (Å²) in [6.45, 7) is 0. The Hall–Kier alpha value is -4.45. The third-order valence-electron chi connectivity index (χ3n) is 4.64. The Morgan fingerprint density at radius 2 is 1.77 bits per heavy atom. The number of nitrogens with one attached hydrogen (secondary N) is 1. The molecular formula is C20H13F4N5O5S. The van der Waals surface area contributed by atoms with Crippen LogP contribution in [0.5, 0.6) is 0 Å². The molecule has 10 nitrogen and oxygen atoms in total. The number of rotatable bonds is 4. The normalized spacial score (nSPS) is 11.7. The summed E-state index contributed by atoms with van der Waals surface area (Å²) in [6.07, 6.45) is -4.86. The quantitative estimate of drug-likeness (QED) is 0.397. The van der Waals surface area contributed by atoms with Crippen molar-refractivity contribution in [2.45, 2.75) is 6.18 Å². The van der Waals surface area contributed by atoms with Gasteiger partial charge in [-0.2, -0.15) is 18.4 Å². The molecule has 0 saturated heterocycles. The van der Waals surface area contributed by atoms with Gasteiger partial charge in [0.2, 0.25) is 10.0 Å². The number of benzene rings is 2. The van der Waals surface area contributed by atoms with Gasteiger partial charge in [0.15, 0.2) is 5.69 Å². The molecule has 0 saturated carbocycles. The van der Waals surface area contributed by atoms with Gasteiger partial charge in [-0.3, -0.25) is 14.6 Å². The monoisotopic (exact) mass is 511 g/mol. The van der Waals surface area contributed by atoms with Crippen LogP contribution >= 0.6 is 0 Å². The molecule has 0 fully saturated rings. The number of hydrogen-bond acceptors (Lipinski definition) is 7. The van der Waals surface area contributed by atoms with Gasteiger partial charge in [-0.05, 0) is 24.3 Å². The van der Waals surface area contributed by atoms with Crippen molar-refractivity contribution in [2.75, 3.05) is 16.4 Å². The third-order valence-corrected chi connectivity index (χ3v) is 5.67. The molecule has 1 aromatic heterocycles.